The first-order valence-electron chi connectivity index (χ1n) is 8.01. The molecule has 1 fully saturated rings. The maximum absolute atomic E-state index is 12.7. The first-order valence-corrected chi connectivity index (χ1v) is 8.01. The van der Waals surface area contributed by atoms with Crippen molar-refractivity contribution in [2.24, 2.45) is 0 Å². The Morgan fingerprint density at radius 2 is 1.96 bits per heavy atom. The third-order valence-electron chi connectivity index (χ3n) is 4.57. The maximum Gasteiger partial charge on any atom is 0.401 e. The van der Waals surface area contributed by atoms with Crippen LogP contribution in [0.25, 0.3) is 0 Å². The maximum atomic E-state index is 12.7. The average Bonchev–Trinajstić information content (AvgIpc) is 2.76. The Balaban J connectivity index is 1.93. The van der Waals surface area contributed by atoms with Gasteiger partial charge in [0.2, 0.25) is 5.91 Å². The first kappa shape index (κ1) is 18.8. The van der Waals surface area contributed by atoms with E-state index in [4.69, 9.17) is 4.52 Å². The largest absolute Gasteiger partial charge is 0.401 e. The standard InChI is InChI=1S/C16H24F3N3O2/c1-11-13(12(2)24-20-11)5-6-14(23)21-7-8-22(10-16(17,18)19)15(3,4)9-21/h5-10H2,1-4H3. The second kappa shape index (κ2) is 6.74. The van der Waals surface area contributed by atoms with E-state index in [1.807, 2.05) is 6.92 Å². The van der Waals surface area contributed by atoms with Gasteiger partial charge in [-0.1, -0.05) is 5.16 Å². The van der Waals surface area contributed by atoms with Crippen molar-refractivity contribution in [1.82, 2.24) is 15.0 Å². The molecule has 1 aliphatic rings. The second-order valence-corrected chi connectivity index (χ2v) is 6.97. The number of piperazine rings is 1. The molecule has 5 nitrogen and oxygen atoms in total. The topological polar surface area (TPSA) is 49.6 Å². The number of carbonyl (C=O) groups excluding carboxylic acids is 1. The zero-order chi connectivity index (χ0) is 18.1. The van der Waals surface area contributed by atoms with Crippen LogP contribution < -0.4 is 0 Å². The van der Waals surface area contributed by atoms with Gasteiger partial charge >= 0.3 is 6.18 Å². The molecule has 0 atom stereocenters. The number of nitrogens with zero attached hydrogens (tertiary/aromatic N) is 3. The van der Waals surface area contributed by atoms with E-state index >= 15 is 0 Å². The van der Waals surface area contributed by atoms with Gasteiger partial charge in [-0.15, -0.1) is 0 Å². The summed E-state index contributed by atoms with van der Waals surface area (Å²) in [7, 11) is 0. The Kier molecular flexibility index (Phi) is 5.27. The fourth-order valence-electron chi connectivity index (χ4n) is 3.16. The van der Waals surface area contributed by atoms with Gasteiger partial charge in [0.1, 0.15) is 5.76 Å². The van der Waals surface area contributed by atoms with Crippen LogP contribution in [-0.2, 0) is 11.2 Å². The molecule has 0 aliphatic carbocycles. The van der Waals surface area contributed by atoms with Crippen molar-refractivity contribution in [2.45, 2.75) is 52.3 Å². The minimum atomic E-state index is -4.23. The van der Waals surface area contributed by atoms with Gasteiger partial charge in [0.15, 0.2) is 0 Å². The number of aryl methyl sites for hydroxylation is 2. The molecule has 1 aliphatic heterocycles. The van der Waals surface area contributed by atoms with Gasteiger partial charge in [-0.3, -0.25) is 9.69 Å². The summed E-state index contributed by atoms with van der Waals surface area (Å²) in [4.78, 5) is 15.5. The molecule has 0 bridgehead atoms. The highest BCUT2D eigenvalue weighted by Crippen LogP contribution is 2.27. The third-order valence-corrected chi connectivity index (χ3v) is 4.57. The van der Waals surface area contributed by atoms with Crippen LogP contribution in [0.15, 0.2) is 4.52 Å². The van der Waals surface area contributed by atoms with Crippen LogP contribution in [0.4, 0.5) is 13.2 Å². The van der Waals surface area contributed by atoms with Crippen molar-refractivity contribution >= 4 is 5.91 Å². The number of aromatic nitrogens is 1. The van der Waals surface area contributed by atoms with Crippen LogP contribution in [0.5, 0.6) is 0 Å². The van der Waals surface area contributed by atoms with Crippen LogP contribution >= 0.6 is 0 Å². The lowest BCUT2D eigenvalue weighted by molar-refractivity contribution is -0.167. The first-order chi connectivity index (χ1) is 11.0. The summed E-state index contributed by atoms with van der Waals surface area (Å²) in [5.41, 5.74) is 1.00. The molecule has 1 aromatic rings. The lowest BCUT2D eigenvalue weighted by Gasteiger charge is -2.47. The quantitative estimate of drug-likeness (QED) is 0.840. The molecule has 0 unspecified atom stereocenters. The van der Waals surface area contributed by atoms with Crippen LogP contribution in [0.3, 0.4) is 0 Å². The van der Waals surface area contributed by atoms with Crippen molar-refractivity contribution in [1.29, 1.82) is 0 Å². The molecular weight excluding hydrogens is 323 g/mol. The lowest BCUT2D eigenvalue weighted by Crippen LogP contribution is -2.62. The average molecular weight is 347 g/mol. The lowest BCUT2D eigenvalue weighted by atomic mass is 9.98. The van der Waals surface area contributed by atoms with Crippen LogP contribution in [0, 0.1) is 13.8 Å². The van der Waals surface area contributed by atoms with Gasteiger partial charge < -0.3 is 9.42 Å². The number of amides is 1. The molecule has 0 aromatic carbocycles. The number of rotatable bonds is 4. The summed E-state index contributed by atoms with van der Waals surface area (Å²) in [6, 6.07) is 0. The van der Waals surface area contributed by atoms with E-state index in [-0.39, 0.29) is 12.5 Å². The Morgan fingerprint density at radius 1 is 1.29 bits per heavy atom. The molecule has 8 heteroatoms. The molecule has 24 heavy (non-hydrogen) atoms. The summed E-state index contributed by atoms with van der Waals surface area (Å²) in [6.45, 7) is 7.02. The fraction of sp³-hybridized carbons (Fsp3) is 0.750. The highest BCUT2D eigenvalue weighted by atomic mass is 19.4. The Bertz CT molecular complexity index is 576. The number of hydrogen-bond donors (Lipinski definition) is 0. The molecule has 0 radical (unpaired) electrons. The molecule has 0 saturated carbocycles. The summed E-state index contributed by atoms with van der Waals surface area (Å²) in [5, 5.41) is 3.86. The van der Waals surface area contributed by atoms with Gasteiger partial charge in [0, 0.05) is 37.2 Å². The van der Waals surface area contributed by atoms with Crippen molar-refractivity contribution in [3.63, 3.8) is 0 Å². The van der Waals surface area contributed by atoms with Crippen LogP contribution in [0.2, 0.25) is 0 Å². The van der Waals surface area contributed by atoms with E-state index in [1.54, 1.807) is 25.7 Å². The van der Waals surface area contributed by atoms with Gasteiger partial charge in [-0.2, -0.15) is 13.2 Å². The van der Waals surface area contributed by atoms with Gasteiger partial charge in [-0.05, 0) is 34.1 Å². The van der Waals surface area contributed by atoms with Gasteiger partial charge in [-0.25, -0.2) is 0 Å². The third kappa shape index (κ3) is 4.49. The Labute approximate surface area is 139 Å². The summed E-state index contributed by atoms with van der Waals surface area (Å²) in [5.74, 6) is 0.658. The van der Waals surface area contributed by atoms with Gasteiger partial charge in [0.25, 0.3) is 0 Å². The molecular formula is C16H24F3N3O2. The number of alkyl halides is 3. The van der Waals surface area contributed by atoms with E-state index in [9.17, 15) is 18.0 Å². The van der Waals surface area contributed by atoms with Crippen LogP contribution in [-0.4, -0.2) is 58.8 Å². The molecule has 0 spiro atoms. The van der Waals surface area contributed by atoms with E-state index in [1.165, 1.54) is 4.90 Å². The molecule has 1 saturated heterocycles. The summed E-state index contributed by atoms with van der Waals surface area (Å²) < 4.78 is 43.0. The zero-order valence-corrected chi connectivity index (χ0v) is 14.5. The molecule has 2 heterocycles. The predicted molar refractivity (Wildman–Crippen MR) is 82.6 cm³/mol. The predicted octanol–water partition coefficient (Wildman–Crippen LogP) is 2.71. The van der Waals surface area contributed by atoms with Crippen molar-refractivity contribution in [3.8, 4) is 0 Å². The van der Waals surface area contributed by atoms with Crippen LogP contribution in [0.1, 0.15) is 37.3 Å². The smallest absolute Gasteiger partial charge is 0.361 e. The second-order valence-electron chi connectivity index (χ2n) is 6.97. The van der Waals surface area contributed by atoms with Crippen molar-refractivity contribution < 1.29 is 22.5 Å². The van der Waals surface area contributed by atoms with Gasteiger partial charge in [0.05, 0.1) is 12.2 Å². The number of halogens is 3. The molecule has 1 amide bonds. The van der Waals surface area contributed by atoms with E-state index in [0.29, 0.717) is 31.7 Å². The molecule has 0 N–H and O–H groups in total. The zero-order valence-electron chi connectivity index (χ0n) is 14.5. The Hall–Kier alpha value is -1.57. The molecule has 136 valence electrons. The Morgan fingerprint density at radius 3 is 2.46 bits per heavy atom. The number of hydrogen-bond acceptors (Lipinski definition) is 4. The van der Waals surface area contributed by atoms with E-state index in [2.05, 4.69) is 5.16 Å². The molecule has 2 rings (SSSR count). The minimum absolute atomic E-state index is 0.0465. The summed E-state index contributed by atoms with van der Waals surface area (Å²) >= 11 is 0. The monoisotopic (exact) mass is 347 g/mol. The van der Waals surface area contributed by atoms with E-state index in [0.717, 1.165) is 11.3 Å². The van der Waals surface area contributed by atoms with E-state index < -0.39 is 18.3 Å². The normalized spacial score (nSPS) is 18.9. The van der Waals surface area contributed by atoms with Crippen molar-refractivity contribution in [3.05, 3.63) is 17.0 Å². The highest BCUT2D eigenvalue weighted by Gasteiger charge is 2.41. The highest BCUT2D eigenvalue weighted by molar-refractivity contribution is 5.76. The van der Waals surface area contributed by atoms with Crippen molar-refractivity contribution in [2.75, 3.05) is 26.2 Å². The molecule has 1 aromatic heterocycles. The fourth-order valence-corrected chi connectivity index (χ4v) is 3.16. The number of carbonyl (C=O) groups is 1. The SMILES string of the molecule is Cc1noc(C)c1CCC(=O)N1CCN(CC(F)(F)F)C(C)(C)C1. The summed E-state index contributed by atoms with van der Waals surface area (Å²) in [6.07, 6.45) is -3.39. The minimum Gasteiger partial charge on any atom is -0.361 e.